The number of pyridine rings is 1. The molecule has 22 heavy (non-hydrogen) atoms. The van der Waals surface area contributed by atoms with E-state index in [1.165, 1.54) is 10.8 Å². The molecule has 0 fully saturated rings. The lowest BCUT2D eigenvalue weighted by Crippen LogP contribution is -2.41. The van der Waals surface area contributed by atoms with Crippen molar-refractivity contribution in [3.8, 4) is 5.75 Å². The van der Waals surface area contributed by atoms with Gasteiger partial charge in [0.25, 0.3) is 0 Å². The minimum Gasteiger partial charge on any atom is -0.502 e. The molecule has 6 heteroatoms. The lowest BCUT2D eigenvalue weighted by atomic mass is 10.1. The van der Waals surface area contributed by atoms with Crippen molar-refractivity contribution < 1.29 is 24.5 Å². The second kappa shape index (κ2) is 6.93. The number of aromatic nitrogens is 1. The highest BCUT2D eigenvalue weighted by atomic mass is 16.5. The van der Waals surface area contributed by atoms with E-state index in [0.717, 1.165) is 0 Å². The number of hydrogen-bond donors (Lipinski definition) is 3. The van der Waals surface area contributed by atoms with Crippen LogP contribution in [-0.4, -0.2) is 22.4 Å². The summed E-state index contributed by atoms with van der Waals surface area (Å²) in [6.07, 6.45) is 2.07. The van der Waals surface area contributed by atoms with Gasteiger partial charge in [0.15, 0.2) is 18.2 Å². The van der Waals surface area contributed by atoms with Crippen molar-refractivity contribution in [3.63, 3.8) is 0 Å². The van der Waals surface area contributed by atoms with Crippen molar-refractivity contribution in [2.75, 3.05) is 0 Å². The first kappa shape index (κ1) is 15.8. The maximum absolute atomic E-state index is 12.2. The maximum Gasteiger partial charge on any atom is 0.227 e. The van der Waals surface area contributed by atoms with Gasteiger partial charge in [-0.15, -0.1) is 0 Å². The van der Waals surface area contributed by atoms with Gasteiger partial charge in [-0.1, -0.05) is 30.3 Å². The predicted molar refractivity (Wildman–Crippen MR) is 77.8 cm³/mol. The minimum atomic E-state index is -0.127. The first-order valence-corrected chi connectivity index (χ1v) is 6.73. The summed E-state index contributed by atoms with van der Waals surface area (Å²) in [5.74, 6) is -0.245. The lowest BCUT2D eigenvalue weighted by Gasteiger charge is -2.09. The van der Waals surface area contributed by atoms with E-state index in [9.17, 15) is 14.7 Å². The fourth-order valence-corrected chi connectivity index (χ4v) is 2.23. The molecule has 0 aliphatic rings. The molecule has 0 saturated heterocycles. The van der Waals surface area contributed by atoms with Crippen LogP contribution in [0.1, 0.15) is 32.0 Å². The zero-order chi connectivity index (χ0) is 16.1. The lowest BCUT2D eigenvalue weighted by molar-refractivity contribution is -0.689. The average Bonchev–Trinajstić information content (AvgIpc) is 2.55. The van der Waals surface area contributed by atoms with E-state index in [0.29, 0.717) is 23.1 Å². The standard InChI is InChI=1S/C16H16N2O4/c1-11-16(21)14(7-17-22)13(10-19)8-18(11)9-15(20)12-5-3-2-4-6-12/h2-6,8,10,17,22H,7,9H2,1H3/p+1. The number of nitrogens with zero attached hydrogens (tertiary/aromatic N) is 1. The zero-order valence-electron chi connectivity index (χ0n) is 12.1. The number of aromatic hydroxyl groups is 1. The molecular formula is C16H17N2O4+. The third kappa shape index (κ3) is 3.19. The number of carbonyl (C=O) groups excluding carboxylic acids is 2. The van der Waals surface area contributed by atoms with Gasteiger partial charge in [0.2, 0.25) is 18.0 Å². The predicted octanol–water partition coefficient (Wildman–Crippen LogP) is 1.16. The number of hydroxylamine groups is 1. The molecule has 0 spiro atoms. The molecule has 0 aliphatic carbocycles. The van der Waals surface area contributed by atoms with E-state index in [1.54, 1.807) is 31.2 Å². The number of aldehydes is 1. The molecule has 0 amide bonds. The van der Waals surface area contributed by atoms with Crippen LogP contribution in [0.25, 0.3) is 0 Å². The van der Waals surface area contributed by atoms with Crippen molar-refractivity contribution in [1.29, 1.82) is 0 Å². The van der Waals surface area contributed by atoms with Crippen molar-refractivity contribution >= 4 is 12.1 Å². The molecule has 0 atom stereocenters. The van der Waals surface area contributed by atoms with Crippen molar-refractivity contribution in [2.24, 2.45) is 0 Å². The summed E-state index contributed by atoms with van der Waals surface area (Å²) >= 11 is 0. The van der Waals surface area contributed by atoms with Gasteiger partial charge in [0, 0.05) is 18.1 Å². The van der Waals surface area contributed by atoms with E-state index in [4.69, 9.17) is 5.21 Å². The van der Waals surface area contributed by atoms with E-state index in [1.807, 2.05) is 11.5 Å². The molecule has 0 aliphatic heterocycles. The normalized spacial score (nSPS) is 10.5. The Hall–Kier alpha value is -2.57. The Balaban J connectivity index is 2.38. The van der Waals surface area contributed by atoms with Gasteiger partial charge in [0.1, 0.15) is 0 Å². The van der Waals surface area contributed by atoms with Gasteiger partial charge in [0.05, 0.1) is 12.1 Å². The Morgan fingerprint density at radius 2 is 2.00 bits per heavy atom. The van der Waals surface area contributed by atoms with Gasteiger partial charge in [-0.05, 0) is 0 Å². The number of carbonyl (C=O) groups is 2. The van der Waals surface area contributed by atoms with Gasteiger partial charge in [-0.2, -0.15) is 4.57 Å². The molecule has 2 rings (SSSR count). The van der Waals surface area contributed by atoms with Crippen molar-refractivity contribution in [2.45, 2.75) is 20.0 Å². The molecule has 6 nitrogen and oxygen atoms in total. The summed E-state index contributed by atoms with van der Waals surface area (Å²) in [6.45, 7) is 1.59. The average molecular weight is 301 g/mol. The van der Waals surface area contributed by atoms with Gasteiger partial charge in [-0.3, -0.25) is 9.59 Å². The zero-order valence-corrected chi connectivity index (χ0v) is 12.1. The molecule has 0 bridgehead atoms. The van der Waals surface area contributed by atoms with Gasteiger partial charge < -0.3 is 10.3 Å². The Morgan fingerprint density at radius 3 is 2.59 bits per heavy atom. The van der Waals surface area contributed by atoms with E-state index in [-0.39, 0.29) is 30.2 Å². The number of ketones is 1. The SMILES string of the molecule is Cc1c(O)c(CNO)c(C=O)c[n+]1CC(=O)c1ccccc1. The monoisotopic (exact) mass is 301 g/mol. The van der Waals surface area contributed by atoms with Crippen LogP contribution in [0.15, 0.2) is 36.5 Å². The fourth-order valence-electron chi connectivity index (χ4n) is 2.23. The van der Waals surface area contributed by atoms with Crippen molar-refractivity contribution in [1.82, 2.24) is 5.48 Å². The minimum absolute atomic E-state index is 0.0110. The topological polar surface area (TPSA) is 90.5 Å². The van der Waals surface area contributed by atoms with Crippen molar-refractivity contribution in [3.05, 3.63) is 58.9 Å². The van der Waals surface area contributed by atoms with Crippen LogP contribution in [0.3, 0.4) is 0 Å². The fraction of sp³-hybridized carbons (Fsp3) is 0.188. The van der Waals surface area contributed by atoms with Crippen LogP contribution in [0.4, 0.5) is 0 Å². The van der Waals surface area contributed by atoms with Crippen LogP contribution < -0.4 is 10.0 Å². The first-order valence-electron chi connectivity index (χ1n) is 6.73. The first-order chi connectivity index (χ1) is 10.6. The molecule has 2 aromatic rings. The van der Waals surface area contributed by atoms with E-state index in [2.05, 4.69) is 0 Å². The molecule has 0 unspecified atom stereocenters. The highest BCUT2D eigenvalue weighted by Crippen LogP contribution is 2.21. The Morgan fingerprint density at radius 1 is 1.32 bits per heavy atom. The summed E-state index contributed by atoms with van der Waals surface area (Å²) in [5, 5.41) is 18.9. The molecule has 114 valence electrons. The number of rotatable bonds is 6. The summed E-state index contributed by atoms with van der Waals surface area (Å²) in [5.41, 5.74) is 3.42. The molecule has 3 N–H and O–H groups in total. The summed E-state index contributed by atoms with van der Waals surface area (Å²) in [7, 11) is 0. The van der Waals surface area contributed by atoms with Gasteiger partial charge in [-0.25, -0.2) is 5.48 Å². The van der Waals surface area contributed by atoms with Crippen LogP contribution in [0.2, 0.25) is 0 Å². The number of benzene rings is 1. The second-order valence-electron chi connectivity index (χ2n) is 4.87. The third-order valence-electron chi connectivity index (χ3n) is 3.50. The second-order valence-corrected chi connectivity index (χ2v) is 4.87. The molecule has 0 radical (unpaired) electrons. The Labute approximate surface area is 127 Å². The number of hydrogen-bond acceptors (Lipinski definition) is 5. The number of nitrogens with one attached hydrogen (secondary N) is 1. The van der Waals surface area contributed by atoms with E-state index >= 15 is 0 Å². The van der Waals surface area contributed by atoms with Crippen LogP contribution in [0.5, 0.6) is 5.75 Å². The Kier molecular flexibility index (Phi) is 4.98. The smallest absolute Gasteiger partial charge is 0.227 e. The molecule has 0 saturated carbocycles. The highest BCUT2D eigenvalue weighted by Gasteiger charge is 2.23. The highest BCUT2D eigenvalue weighted by molar-refractivity contribution is 5.95. The summed E-state index contributed by atoms with van der Waals surface area (Å²) in [4.78, 5) is 23.4. The maximum atomic E-state index is 12.2. The third-order valence-corrected chi connectivity index (χ3v) is 3.50. The van der Waals surface area contributed by atoms with E-state index < -0.39 is 0 Å². The Bertz CT molecular complexity index is 699. The largest absolute Gasteiger partial charge is 0.502 e. The quantitative estimate of drug-likeness (QED) is 0.322. The summed E-state index contributed by atoms with van der Waals surface area (Å²) < 4.78 is 1.52. The molecule has 1 aromatic carbocycles. The molecule has 1 aromatic heterocycles. The van der Waals surface area contributed by atoms with Crippen LogP contribution >= 0.6 is 0 Å². The number of Topliss-reactive ketones (excluding diaryl/α,β-unsaturated/α-hetero) is 1. The van der Waals surface area contributed by atoms with Crippen LogP contribution in [-0.2, 0) is 13.1 Å². The van der Waals surface area contributed by atoms with Gasteiger partial charge >= 0.3 is 0 Å². The van der Waals surface area contributed by atoms with Crippen LogP contribution in [0, 0.1) is 6.92 Å². The molecule has 1 heterocycles. The summed E-state index contributed by atoms with van der Waals surface area (Å²) in [6, 6.07) is 8.79. The molecular weight excluding hydrogens is 284 g/mol.